The molecular weight excluding hydrogens is 290 g/mol. The highest BCUT2D eigenvalue weighted by Gasteiger charge is 2.35. The minimum absolute atomic E-state index is 0.0111. The van der Waals surface area contributed by atoms with Gasteiger partial charge < -0.3 is 9.42 Å². The second-order valence-corrected chi connectivity index (χ2v) is 5.92. The van der Waals surface area contributed by atoms with Crippen LogP contribution in [-0.2, 0) is 11.2 Å². The summed E-state index contributed by atoms with van der Waals surface area (Å²) < 4.78 is 5.02. The molecule has 0 N–H and O–H groups in total. The number of likely N-dealkylation sites (tertiary alicyclic amines) is 1. The molecule has 2 aromatic rings. The molecule has 1 aromatic carbocycles. The van der Waals surface area contributed by atoms with Gasteiger partial charge in [0, 0.05) is 12.6 Å². The molecule has 1 aromatic heterocycles. The number of rotatable bonds is 4. The summed E-state index contributed by atoms with van der Waals surface area (Å²) in [6.07, 6.45) is 2.01. The van der Waals surface area contributed by atoms with Crippen molar-refractivity contribution < 1.29 is 9.32 Å². The van der Waals surface area contributed by atoms with E-state index in [4.69, 9.17) is 4.52 Å². The van der Waals surface area contributed by atoms with E-state index in [1.54, 1.807) is 13.0 Å². The van der Waals surface area contributed by atoms with E-state index in [1.807, 2.05) is 35.2 Å². The maximum absolute atomic E-state index is 12.6. The van der Waals surface area contributed by atoms with Gasteiger partial charge in [0.25, 0.3) is 0 Å². The maximum atomic E-state index is 12.6. The lowest BCUT2D eigenvalue weighted by Gasteiger charge is -2.28. The van der Waals surface area contributed by atoms with Gasteiger partial charge in [-0.15, -0.1) is 0 Å². The number of nitriles is 1. The Bertz CT molecular complexity index is 717. The van der Waals surface area contributed by atoms with Crippen molar-refractivity contribution in [1.29, 1.82) is 5.26 Å². The van der Waals surface area contributed by atoms with Crippen LogP contribution >= 0.6 is 0 Å². The molecule has 0 saturated carbocycles. The van der Waals surface area contributed by atoms with Gasteiger partial charge in [0.2, 0.25) is 5.91 Å². The van der Waals surface area contributed by atoms with E-state index in [1.165, 1.54) is 0 Å². The quantitative estimate of drug-likeness (QED) is 0.870. The van der Waals surface area contributed by atoms with Crippen LogP contribution in [-0.4, -0.2) is 28.6 Å². The zero-order valence-corrected chi connectivity index (χ0v) is 13.1. The first-order valence-corrected chi connectivity index (χ1v) is 7.85. The van der Waals surface area contributed by atoms with Gasteiger partial charge in [-0.2, -0.15) is 5.26 Å². The first-order chi connectivity index (χ1) is 11.2. The van der Waals surface area contributed by atoms with Crippen LogP contribution in [0.25, 0.3) is 0 Å². The fourth-order valence-corrected chi connectivity index (χ4v) is 3.25. The van der Waals surface area contributed by atoms with Crippen molar-refractivity contribution in [3.63, 3.8) is 0 Å². The van der Waals surface area contributed by atoms with Gasteiger partial charge in [0.05, 0.1) is 30.1 Å². The Morgan fingerprint density at radius 1 is 1.48 bits per heavy atom. The zero-order valence-electron chi connectivity index (χ0n) is 13.1. The third-order valence-corrected chi connectivity index (χ3v) is 4.31. The standard InChI is InChI=1S/C18H19N3O2/c1-13-10-15(20-23-13)11-18(22)21-9-5-8-17(21)16(12-19)14-6-3-2-4-7-14/h2-4,6-7,10,16-17H,5,8-9,11H2,1H3/t16-,17+/m1/s1. The fraction of sp³-hybridized carbons (Fsp3) is 0.389. The Hall–Kier alpha value is -2.61. The van der Waals surface area contributed by atoms with Crippen molar-refractivity contribution in [3.8, 4) is 6.07 Å². The number of carbonyl (C=O) groups is 1. The summed E-state index contributed by atoms with van der Waals surface area (Å²) in [6, 6.07) is 13.8. The number of aromatic nitrogens is 1. The monoisotopic (exact) mass is 309 g/mol. The number of benzene rings is 1. The Kier molecular flexibility index (Phi) is 4.42. The van der Waals surface area contributed by atoms with Crippen molar-refractivity contribution in [3.05, 3.63) is 53.4 Å². The second-order valence-electron chi connectivity index (χ2n) is 5.92. The summed E-state index contributed by atoms with van der Waals surface area (Å²) >= 11 is 0. The van der Waals surface area contributed by atoms with Crippen molar-refractivity contribution in [2.75, 3.05) is 6.54 Å². The Morgan fingerprint density at radius 3 is 2.91 bits per heavy atom. The van der Waals surface area contributed by atoms with Crippen molar-refractivity contribution >= 4 is 5.91 Å². The van der Waals surface area contributed by atoms with Crippen LogP contribution in [0, 0.1) is 18.3 Å². The lowest BCUT2D eigenvalue weighted by Crippen LogP contribution is -2.39. The molecule has 1 aliphatic rings. The lowest BCUT2D eigenvalue weighted by atomic mass is 9.91. The van der Waals surface area contributed by atoms with Crippen LogP contribution in [0.1, 0.15) is 35.8 Å². The smallest absolute Gasteiger partial charge is 0.229 e. The van der Waals surface area contributed by atoms with Gasteiger partial charge in [0.15, 0.2) is 0 Å². The molecule has 1 fully saturated rings. The van der Waals surface area contributed by atoms with E-state index in [2.05, 4.69) is 11.2 Å². The predicted molar refractivity (Wildman–Crippen MR) is 84.5 cm³/mol. The highest BCUT2D eigenvalue weighted by Crippen LogP contribution is 2.31. The Morgan fingerprint density at radius 2 is 2.26 bits per heavy atom. The molecule has 2 heterocycles. The molecule has 5 heteroatoms. The highest BCUT2D eigenvalue weighted by molar-refractivity contribution is 5.79. The van der Waals surface area contributed by atoms with Crippen molar-refractivity contribution in [1.82, 2.24) is 10.1 Å². The van der Waals surface area contributed by atoms with Gasteiger partial charge in [-0.25, -0.2) is 0 Å². The van der Waals surface area contributed by atoms with E-state index in [0.717, 1.165) is 18.4 Å². The van der Waals surface area contributed by atoms with E-state index in [-0.39, 0.29) is 24.3 Å². The molecule has 2 atom stereocenters. The minimum Gasteiger partial charge on any atom is -0.361 e. The summed E-state index contributed by atoms with van der Waals surface area (Å²) in [5.41, 5.74) is 1.61. The van der Waals surface area contributed by atoms with Crippen LogP contribution in [0.3, 0.4) is 0 Å². The molecule has 23 heavy (non-hydrogen) atoms. The summed E-state index contributed by atoms with van der Waals surface area (Å²) in [5.74, 6) is 0.420. The van der Waals surface area contributed by atoms with Crippen LogP contribution in [0.5, 0.6) is 0 Å². The highest BCUT2D eigenvalue weighted by atomic mass is 16.5. The number of hydrogen-bond donors (Lipinski definition) is 0. The number of nitrogens with zero attached hydrogens (tertiary/aromatic N) is 3. The zero-order chi connectivity index (χ0) is 16.2. The van der Waals surface area contributed by atoms with E-state index >= 15 is 0 Å². The molecule has 1 aliphatic heterocycles. The van der Waals surface area contributed by atoms with Crippen LogP contribution in [0.4, 0.5) is 0 Å². The van der Waals surface area contributed by atoms with Gasteiger partial charge in [0.1, 0.15) is 5.76 Å². The van der Waals surface area contributed by atoms with Gasteiger partial charge >= 0.3 is 0 Å². The Labute approximate surface area is 135 Å². The molecule has 3 rings (SSSR count). The first kappa shape index (κ1) is 15.3. The third-order valence-electron chi connectivity index (χ3n) is 4.31. The molecule has 0 spiro atoms. The van der Waals surface area contributed by atoms with Gasteiger partial charge in [-0.1, -0.05) is 35.5 Å². The average molecular weight is 309 g/mol. The number of aryl methyl sites for hydroxylation is 1. The molecule has 118 valence electrons. The molecule has 0 bridgehead atoms. The average Bonchev–Trinajstić information content (AvgIpc) is 3.19. The van der Waals surface area contributed by atoms with Crippen molar-refractivity contribution in [2.45, 2.75) is 38.1 Å². The number of amides is 1. The molecular formula is C18H19N3O2. The topological polar surface area (TPSA) is 70.1 Å². The molecule has 1 amide bonds. The predicted octanol–water partition coefficient (Wildman–Crippen LogP) is 2.82. The second kappa shape index (κ2) is 6.66. The van der Waals surface area contributed by atoms with Crippen LogP contribution in [0.2, 0.25) is 0 Å². The molecule has 0 unspecified atom stereocenters. The van der Waals surface area contributed by atoms with E-state index in [9.17, 15) is 10.1 Å². The minimum atomic E-state index is -0.290. The van der Waals surface area contributed by atoms with E-state index in [0.29, 0.717) is 18.0 Å². The number of hydrogen-bond acceptors (Lipinski definition) is 4. The first-order valence-electron chi connectivity index (χ1n) is 7.85. The molecule has 0 radical (unpaired) electrons. The number of carbonyl (C=O) groups excluding carboxylic acids is 1. The van der Waals surface area contributed by atoms with Gasteiger partial charge in [-0.05, 0) is 25.3 Å². The van der Waals surface area contributed by atoms with Crippen LogP contribution in [0.15, 0.2) is 40.9 Å². The SMILES string of the molecule is Cc1cc(CC(=O)N2CCC[C@H]2[C@H](C#N)c2ccccc2)no1. The molecule has 0 aliphatic carbocycles. The molecule has 1 saturated heterocycles. The van der Waals surface area contributed by atoms with Crippen LogP contribution < -0.4 is 0 Å². The summed E-state index contributed by atoms with van der Waals surface area (Å²) in [7, 11) is 0. The summed E-state index contributed by atoms with van der Waals surface area (Å²) in [4.78, 5) is 14.5. The maximum Gasteiger partial charge on any atom is 0.229 e. The van der Waals surface area contributed by atoms with Crippen molar-refractivity contribution in [2.24, 2.45) is 0 Å². The largest absolute Gasteiger partial charge is 0.361 e. The lowest BCUT2D eigenvalue weighted by molar-refractivity contribution is -0.131. The Balaban J connectivity index is 1.76. The summed E-state index contributed by atoms with van der Waals surface area (Å²) in [6.45, 7) is 2.51. The molecule has 5 nitrogen and oxygen atoms in total. The third kappa shape index (κ3) is 3.26. The fourth-order valence-electron chi connectivity index (χ4n) is 3.25. The summed E-state index contributed by atoms with van der Waals surface area (Å²) in [5, 5.41) is 13.5. The van der Waals surface area contributed by atoms with Gasteiger partial charge in [-0.3, -0.25) is 4.79 Å². The van der Waals surface area contributed by atoms with E-state index < -0.39 is 0 Å². The normalized spacial score (nSPS) is 18.6.